The van der Waals surface area contributed by atoms with Gasteiger partial charge in [-0.1, -0.05) is 41.9 Å². The lowest BCUT2D eigenvalue weighted by molar-refractivity contribution is -0.141. The lowest BCUT2D eigenvalue weighted by atomic mass is 10.1. The number of esters is 1. The smallest absolute Gasteiger partial charge is 0.429 e. The van der Waals surface area contributed by atoms with E-state index in [4.69, 9.17) is 32.5 Å². The zero-order valence-electron chi connectivity index (χ0n) is 17.5. The summed E-state index contributed by atoms with van der Waals surface area (Å²) in [6.45, 7) is 3.28. The monoisotopic (exact) mass is 461 g/mol. The summed E-state index contributed by atoms with van der Waals surface area (Å²) in [6, 6.07) is 11.9. The van der Waals surface area contributed by atoms with Crippen LogP contribution in [0.3, 0.4) is 0 Å². The van der Waals surface area contributed by atoms with Crippen molar-refractivity contribution in [3.8, 4) is 5.75 Å². The molecule has 2 rings (SSSR count). The number of hydrogen-bond donors (Lipinski definition) is 3. The van der Waals surface area contributed by atoms with E-state index in [0.29, 0.717) is 0 Å². The lowest BCUT2D eigenvalue weighted by Crippen LogP contribution is -2.55. The second kappa shape index (κ2) is 11.6. The van der Waals surface area contributed by atoms with Crippen LogP contribution in [0, 0.1) is 0 Å². The zero-order chi connectivity index (χ0) is 23.7. The maximum Gasteiger partial charge on any atom is 0.429 e. The van der Waals surface area contributed by atoms with Gasteiger partial charge in [0.2, 0.25) is 6.41 Å². The predicted octanol–water partition coefficient (Wildman–Crippen LogP) is 2.27. The summed E-state index contributed by atoms with van der Waals surface area (Å²) in [5, 5.41) is 1.03. The molecule has 0 saturated carbocycles. The Kier molecular flexibility index (Phi) is 8.84. The number of guanidine groups is 1. The number of carbonyl (C=O) groups is 3. The molecule has 0 heterocycles. The van der Waals surface area contributed by atoms with Crippen LogP contribution in [0.4, 0.5) is 10.5 Å². The molecule has 0 aliphatic rings. The van der Waals surface area contributed by atoms with Gasteiger partial charge in [-0.2, -0.15) is 0 Å². The molecule has 5 N–H and O–H groups in total. The Hall–Kier alpha value is -3.79. The van der Waals surface area contributed by atoms with E-state index >= 15 is 0 Å². The number of nitrogens with zero attached hydrogens (tertiary/aromatic N) is 2. The van der Waals surface area contributed by atoms with E-state index in [0.717, 1.165) is 10.6 Å². The van der Waals surface area contributed by atoms with Gasteiger partial charge in [-0.05, 0) is 31.5 Å². The van der Waals surface area contributed by atoms with Crippen LogP contribution in [-0.2, 0) is 20.7 Å². The van der Waals surface area contributed by atoms with Crippen LogP contribution in [0.2, 0.25) is 5.02 Å². The third-order valence-electron chi connectivity index (χ3n) is 3.97. The molecule has 2 amide bonds. The second-order valence-electron chi connectivity index (χ2n) is 6.83. The van der Waals surface area contributed by atoms with Gasteiger partial charge in [0, 0.05) is 12.5 Å². The molecular formula is C21H24ClN5O5. The first-order chi connectivity index (χ1) is 15.2. The van der Waals surface area contributed by atoms with E-state index in [1.165, 1.54) is 18.2 Å². The minimum atomic E-state index is -1.24. The number of halogens is 1. The van der Waals surface area contributed by atoms with Crippen LogP contribution in [0.5, 0.6) is 5.75 Å². The third-order valence-corrected chi connectivity index (χ3v) is 4.29. The van der Waals surface area contributed by atoms with E-state index in [9.17, 15) is 14.4 Å². The fourth-order valence-corrected chi connectivity index (χ4v) is 2.83. The third kappa shape index (κ3) is 7.17. The Morgan fingerprint density at radius 1 is 1.19 bits per heavy atom. The number of rotatable bonds is 9. The summed E-state index contributed by atoms with van der Waals surface area (Å²) in [6.07, 6.45) is -1.08. The molecule has 0 fully saturated rings. The molecule has 32 heavy (non-hydrogen) atoms. The standard InChI is InChI=1S/C21H24ClN5O5/c1-13(2)31-21(30)27(25-12-28)18(10-14-6-4-3-5-7-14)19(29)32-15-8-9-16(22)17(11-15)26-20(23)24/h3-9,11-13,18H,10H2,1-2H3,(H,25,28)(H4,23,24,26)/t18-/m0/s1. The first-order valence-electron chi connectivity index (χ1n) is 9.55. The topological polar surface area (TPSA) is 149 Å². The Balaban J connectivity index is 2.37. The van der Waals surface area contributed by atoms with Gasteiger partial charge in [0.05, 0.1) is 16.8 Å². The van der Waals surface area contributed by atoms with Crippen molar-refractivity contribution in [1.29, 1.82) is 0 Å². The zero-order valence-corrected chi connectivity index (χ0v) is 18.3. The van der Waals surface area contributed by atoms with Crippen molar-refractivity contribution in [3.05, 3.63) is 59.1 Å². The average Bonchev–Trinajstić information content (AvgIpc) is 2.72. The van der Waals surface area contributed by atoms with E-state index in [1.54, 1.807) is 38.1 Å². The van der Waals surface area contributed by atoms with Crippen LogP contribution in [0.25, 0.3) is 0 Å². The van der Waals surface area contributed by atoms with Crippen molar-refractivity contribution in [3.63, 3.8) is 0 Å². The summed E-state index contributed by atoms with van der Waals surface area (Å²) in [7, 11) is 0. The number of benzene rings is 2. The molecule has 0 unspecified atom stereocenters. The van der Waals surface area contributed by atoms with Crippen LogP contribution >= 0.6 is 11.6 Å². The Bertz CT molecular complexity index is 980. The number of ether oxygens (including phenoxy) is 2. The van der Waals surface area contributed by atoms with Gasteiger partial charge in [-0.25, -0.2) is 19.6 Å². The minimum Gasteiger partial charge on any atom is -0.445 e. The number of carbonyl (C=O) groups excluding carboxylic acids is 3. The van der Waals surface area contributed by atoms with Crippen molar-refractivity contribution >= 4 is 41.7 Å². The Labute approximate surface area is 190 Å². The number of aliphatic imine (C=N–C) groups is 1. The van der Waals surface area contributed by atoms with E-state index < -0.39 is 24.2 Å². The van der Waals surface area contributed by atoms with E-state index in [-0.39, 0.29) is 35.3 Å². The quantitative estimate of drug-likeness (QED) is 0.129. The number of amides is 2. The van der Waals surface area contributed by atoms with Crippen molar-refractivity contribution in [1.82, 2.24) is 10.4 Å². The minimum absolute atomic E-state index is 0.0437. The average molecular weight is 462 g/mol. The highest BCUT2D eigenvalue weighted by Crippen LogP contribution is 2.29. The fourth-order valence-electron chi connectivity index (χ4n) is 2.67. The number of hydrazine groups is 1. The summed E-state index contributed by atoms with van der Waals surface area (Å²) in [5.41, 5.74) is 13.9. The van der Waals surface area contributed by atoms with E-state index in [1.807, 2.05) is 6.07 Å². The molecule has 0 radical (unpaired) electrons. The first-order valence-corrected chi connectivity index (χ1v) is 9.93. The molecule has 2 aromatic rings. The summed E-state index contributed by atoms with van der Waals surface area (Å²) >= 11 is 6.05. The van der Waals surface area contributed by atoms with Crippen LogP contribution in [0.15, 0.2) is 53.5 Å². The highest BCUT2D eigenvalue weighted by Gasteiger charge is 2.34. The summed E-state index contributed by atoms with van der Waals surface area (Å²) < 4.78 is 10.6. The molecule has 0 spiro atoms. The molecule has 0 aliphatic heterocycles. The fraction of sp³-hybridized carbons (Fsp3) is 0.238. The Morgan fingerprint density at radius 3 is 2.47 bits per heavy atom. The van der Waals surface area contributed by atoms with Gasteiger partial charge < -0.3 is 20.9 Å². The Morgan fingerprint density at radius 2 is 1.88 bits per heavy atom. The first kappa shape index (κ1) is 24.5. The molecule has 1 atom stereocenters. The van der Waals surface area contributed by atoms with Gasteiger partial charge in [0.25, 0.3) is 0 Å². The lowest BCUT2D eigenvalue weighted by Gasteiger charge is -2.29. The normalized spacial score (nSPS) is 11.2. The van der Waals surface area contributed by atoms with Crippen LogP contribution < -0.4 is 21.6 Å². The van der Waals surface area contributed by atoms with Gasteiger partial charge in [-0.15, -0.1) is 0 Å². The summed E-state index contributed by atoms with van der Waals surface area (Å²) in [4.78, 5) is 40.7. The molecule has 0 aliphatic carbocycles. The molecule has 11 heteroatoms. The highest BCUT2D eigenvalue weighted by molar-refractivity contribution is 6.33. The van der Waals surface area contributed by atoms with Gasteiger partial charge in [0.1, 0.15) is 5.75 Å². The van der Waals surface area contributed by atoms with Crippen molar-refractivity contribution in [2.45, 2.75) is 32.4 Å². The predicted molar refractivity (Wildman–Crippen MR) is 119 cm³/mol. The van der Waals surface area contributed by atoms with Crippen LogP contribution in [-0.4, -0.2) is 41.6 Å². The maximum absolute atomic E-state index is 13.1. The van der Waals surface area contributed by atoms with Crippen molar-refractivity contribution < 1.29 is 23.9 Å². The van der Waals surface area contributed by atoms with Crippen molar-refractivity contribution in [2.24, 2.45) is 16.5 Å². The molecular weight excluding hydrogens is 438 g/mol. The summed E-state index contributed by atoms with van der Waals surface area (Å²) in [5.74, 6) is -0.974. The molecule has 0 bridgehead atoms. The number of nitrogens with two attached hydrogens (primary N) is 2. The highest BCUT2D eigenvalue weighted by atomic mass is 35.5. The van der Waals surface area contributed by atoms with Gasteiger partial charge in [0.15, 0.2) is 12.0 Å². The number of hydrogen-bond acceptors (Lipinski definition) is 6. The SMILES string of the molecule is CC(C)OC(=O)N(NC=O)[C@@H](Cc1ccccc1)C(=O)Oc1ccc(Cl)c(N=C(N)N)c1. The van der Waals surface area contributed by atoms with Crippen LogP contribution in [0.1, 0.15) is 19.4 Å². The molecule has 170 valence electrons. The van der Waals surface area contributed by atoms with Crippen molar-refractivity contribution in [2.75, 3.05) is 0 Å². The van der Waals surface area contributed by atoms with Gasteiger partial charge >= 0.3 is 12.1 Å². The maximum atomic E-state index is 13.1. The molecule has 10 nitrogen and oxygen atoms in total. The second-order valence-corrected chi connectivity index (χ2v) is 7.23. The number of nitrogens with one attached hydrogen (secondary N) is 1. The molecule has 2 aromatic carbocycles. The van der Waals surface area contributed by atoms with E-state index in [2.05, 4.69) is 10.4 Å². The largest absolute Gasteiger partial charge is 0.445 e. The van der Waals surface area contributed by atoms with Gasteiger partial charge in [-0.3, -0.25) is 10.2 Å². The molecule has 0 aromatic heterocycles. The molecule has 0 saturated heterocycles.